The lowest BCUT2D eigenvalue weighted by atomic mass is 10.1. The smallest absolute Gasteiger partial charge is 0.253 e. The van der Waals surface area contributed by atoms with Crippen molar-refractivity contribution in [2.75, 3.05) is 37.7 Å². The first kappa shape index (κ1) is 23.2. The van der Waals surface area contributed by atoms with Gasteiger partial charge in [0.05, 0.1) is 23.0 Å². The first-order valence-corrected chi connectivity index (χ1v) is 10.8. The second-order valence-corrected chi connectivity index (χ2v) is 7.70. The predicted octanol–water partition coefficient (Wildman–Crippen LogP) is 2.31. The first-order valence-electron chi connectivity index (χ1n) is 10.4. The highest BCUT2D eigenvalue weighted by Crippen LogP contribution is 2.31. The van der Waals surface area contributed by atoms with E-state index < -0.39 is 0 Å². The minimum absolute atomic E-state index is 0.0117. The molecule has 32 heavy (non-hydrogen) atoms. The normalized spacial score (nSPS) is 14.2. The second kappa shape index (κ2) is 10.7. The monoisotopic (exact) mass is 457 g/mol. The highest BCUT2D eigenvalue weighted by molar-refractivity contribution is 6.33. The number of piperazine rings is 1. The molecule has 1 amide bonds. The van der Waals surface area contributed by atoms with Crippen LogP contribution in [0.2, 0.25) is 5.02 Å². The van der Waals surface area contributed by atoms with Gasteiger partial charge in [-0.2, -0.15) is 4.99 Å². The van der Waals surface area contributed by atoms with Crippen LogP contribution in [0.15, 0.2) is 52.4 Å². The van der Waals surface area contributed by atoms with Gasteiger partial charge in [-0.15, -0.1) is 0 Å². The van der Waals surface area contributed by atoms with Crippen molar-refractivity contribution in [1.29, 1.82) is 0 Å². The highest BCUT2D eigenvalue weighted by atomic mass is 35.5. The summed E-state index contributed by atoms with van der Waals surface area (Å²) in [6.45, 7) is 5.25. The van der Waals surface area contributed by atoms with Gasteiger partial charge in [0.25, 0.3) is 5.91 Å². The van der Waals surface area contributed by atoms with Crippen LogP contribution in [0.1, 0.15) is 23.7 Å². The molecule has 1 heterocycles. The fourth-order valence-corrected chi connectivity index (χ4v) is 3.65. The first-order chi connectivity index (χ1) is 15.4. The minimum atomic E-state index is -0.165. The van der Waals surface area contributed by atoms with Crippen molar-refractivity contribution >= 4 is 40.8 Å². The molecule has 0 atom stereocenters. The van der Waals surface area contributed by atoms with E-state index in [-0.39, 0.29) is 17.8 Å². The summed E-state index contributed by atoms with van der Waals surface area (Å²) in [6.07, 6.45) is 0.941. The van der Waals surface area contributed by atoms with Crippen LogP contribution in [-0.4, -0.2) is 55.5 Å². The Balaban J connectivity index is 1.60. The molecular formula is C22H28ClN7O2. The number of nitrogens with zero attached hydrogens (tertiary/aromatic N) is 4. The third-order valence-electron chi connectivity index (χ3n) is 4.90. The molecule has 10 heteroatoms. The summed E-state index contributed by atoms with van der Waals surface area (Å²) in [5.41, 5.74) is 18.3. The van der Waals surface area contributed by atoms with Crippen molar-refractivity contribution in [3.05, 3.63) is 53.1 Å². The molecule has 3 rings (SSSR count). The van der Waals surface area contributed by atoms with Crippen molar-refractivity contribution in [2.45, 2.75) is 13.3 Å². The number of benzene rings is 2. The average Bonchev–Trinajstić information content (AvgIpc) is 2.77. The summed E-state index contributed by atoms with van der Waals surface area (Å²) < 4.78 is 5.58. The Morgan fingerprint density at radius 1 is 1.06 bits per heavy atom. The van der Waals surface area contributed by atoms with E-state index in [0.29, 0.717) is 49.1 Å². The fraction of sp³-hybridized carbons (Fsp3) is 0.318. The summed E-state index contributed by atoms with van der Waals surface area (Å²) in [5.74, 6) is 0.571. The average molecular weight is 458 g/mol. The van der Waals surface area contributed by atoms with Gasteiger partial charge in [0.1, 0.15) is 5.75 Å². The van der Waals surface area contributed by atoms with Gasteiger partial charge in [-0.1, -0.05) is 18.5 Å². The van der Waals surface area contributed by atoms with Gasteiger partial charge in [-0.3, -0.25) is 4.79 Å². The van der Waals surface area contributed by atoms with Crippen LogP contribution in [0.5, 0.6) is 5.75 Å². The maximum absolute atomic E-state index is 12.8. The lowest BCUT2D eigenvalue weighted by Crippen LogP contribution is -2.48. The number of nitrogens with two attached hydrogens (primary N) is 3. The van der Waals surface area contributed by atoms with Gasteiger partial charge in [-0.05, 0) is 48.9 Å². The van der Waals surface area contributed by atoms with Crippen molar-refractivity contribution in [3.8, 4) is 5.75 Å². The van der Waals surface area contributed by atoms with E-state index in [1.807, 2.05) is 35.2 Å². The molecule has 9 nitrogen and oxygen atoms in total. The largest absolute Gasteiger partial charge is 0.494 e. The molecule has 1 saturated heterocycles. The topological polar surface area (TPSA) is 136 Å². The number of rotatable bonds is 6. The number of anilines is 1. The summed E-state index contributed by atoms with van der Waals surface area (Å²) >= 11 is 6.47. The van der Waals surface area contributed by atoms with E-state index in [0.717, 1.165) is 17.9 Å². The van der Waals surface area contributed by atoms with Crippen molar-refractivity contribution in [2.24, 2.45) is 27.2 Å². The van der Waals surface area contributed by atoms with Crippen molar-refractivity contribution in [3.63, 3.8) is 0 Å². The number of aliphatic imine (C=N–C) groups is 2. The molecule has 0 radical (unpaired) electrons. The van der Waals surface area contributed by atoms with Crippen LogP contribution < -0.4 is 26.8 Å². The zero-order chi connectivity index (χ0) is 23.1. The number of amides is 1. The lowest BCUT2D eigenvalue weighted by molar-refractivity contribution is 0.0747. The van der Waals surface area contributed by atoms with Crippen LogP contribution in [0.4, 0.5) is 11.4 Å². The number of hydrogen-bond acceptors (Lipinski definition) is 4. The molecule has 6 N–H and O–H groups in total. The van der Waals surface area contributed by atoms with Crippen LogP contribution in [0.25, 0.3) is 0 Å². The molecule has 2 aromatic rings. The molecular weight excluding hydrogens is 430 g/mol. The Bertz CT molecular complexity index is 996. The molecule has 0 unspecified atom stereocenters. The Kier molecular flexibility index (Phi) is 7.77. The van der Waals surface area contributed by atoms with Crippen LogP contribution in [0.3, 0.4) is 0 Å². The van der Waals surface area contributed by atoms with Gasteiger partial charge >= 0.3 is 0 Å². The number of guanidine groups is 2. The standard InChI is InChI=1S/C22H28ClN7O2/c1-2-13-32-17-6-3-15(4-7-17)20(31)30-11-9-29(10-12-30)19-8-5-16(14-18(19)23)27-22(26)28-21(24)25/h3-8,14H,2,9-13H2,1H3,(H6,24,25,26,27,28). The van der Waals surface area contributed by atoms with Gasteiger partial charge in [0.2, 0.25) is 5.96 Å². The van der Waals surface area contributed by atoms with E-state index in [1.54, 1.807) is 12.1 Å². The number of carbonyl (C=O) groups excluding carboxylic acids is 1. The number of ether oxygens (including phenoxy) is 1. The van der Waals surface area contributed by atoms with Gasteiger partial charge < -0.3 is 31.7 Å². The maximum atomic E-state index is 12.8. The second-order valence-electron chi connectivity index (χ2n) is 7.29. The van der Waals surface area contributed by atoms with Gasteiger partial charge in [0, 0.05) is 31.7 Å². The van der Waals surface area contributed by atoms with E-state index in [2.05, 4.69) is 21.8 Å². The van der Waals surface area contributed by atoms with Crippen molar-refractivity contribution in [1.82, 2.24) is 4.90 Å². The Labute approximate surface area is 192 Å². The van der Waals surface area contributed by atoms with Gasteiger partial charge in [0.15, 0.2) is 5.96 Å². The van der Waals surface area contributed by atoms with Crippen molar-refractivity contribution < 1.29 is 9.53 Å². The van der Waals surface area contributed by atoms with E-state index in [1.165, 1.54) is 0 Å². The quantitative estimate of drug-likeness (QED) is 0.450. The molecule has 2 aromatic carbocycles. The minimum Gasteiger partial charge on any atom is -0.494 e. The molecule has 1 aliphatic rings. The molecule has 0 aromatic heterocycles. The summed E-state index contributed by atoms with van der Waals surface area (Å²) in [6, 6.07) is 12.7. The Morgan fingerprint density at radius 2 is 1.75 bits per heavy atom. The molecule has 1 fully saturated rings. The van der Waals surface area contributed by atoms with Crippen LogP contribution in [-0.2, 0) is 0 Å². The Hall–Kier alpha value is -3.46. The molecule has 0 spiro atoms. The summed E-state index contributed by atoms with van der Waals surface area (Å²) in [5, 5.41) is 0.534. The third-order valence-corrected chi connectivity index (χ3v) is 5.20. The van der Waals surface area contributed by atoms with Crippen LogP contribution in [0, 0.1) is 0 Å². The van der Waals surface area contributed by atoms with Crippen LogP contribution >= 0.6 is 11.6 Å². The number of hydrogen-bond donors (Lipinski definition) is 3. The number of halogens is 1. The summed E-state index contributed by atoms with van der Waals surface area (Å²) in [7, 11) is 0. The zero-order valence-electron chi connectivity index (χ0n) is 18.0. The molecule has 0 bridgehead atoms. The SMILES string of the molecule is CCCOc1ccc(C(=O)N2CCN(c3ccc(N=C(N)N=C(N)N)cc3Cl)CC2)cc1. The third kappa shape index (κ3) is 6.04. The molecule has 0 saturated carbocycles. The van der Waals surface area contributed by atoms with E-state index in [4.69, 9.17) is 33.5 Å². The van der Waals surface area contributed by atoms with E-state index >= 15 is 0 Å². The van der Waals surface area contributed by atoms with Gasteiger partial charge in [-0.25, -0.2) is 4.99 Å². The zero-order valence-corrected chi connectivity index (χ0v) is 18.8. The maximum Gasteiger partial charge on any atom is 0.253 e. The number of carbonyl (C=O) groups is 1. The molecule has 1 aliphatic heterocycles. The van der Waals surface area contributed by atoms with E-state index in [9.17, 15) is 4.79 Å². The Morgan fingerprint density at radius 3 is 2.34 bits per heavy atom. The highest BCUT2D eigenvalue weighted by Gasteiger charge is 2.23. The predicted molar refractivity (Wildman–Crippen MR) is 129 cm³/mol. The fourth-order valence-electron chi connectivity index (χ4n) is 3.36. The lowest BCUT2D eigenvalue weighted by Gasteiger charge is -2.36. The summed E-state index contributed by atoms with van der Waals surface area (Å²) in [4.78, 5) is 24.6. The molecule has 170 valence electrons. The molecule has 0 aliphatic carbocycles.